The van der Waals surface area contributed by atoms with Crippen molar-refractivity contribution in [3.8, 4) is 0 Å². The Morgan fingerprint density at radius 3 is 2.25 bits per heavy atom. The van der Waals surface area contributed by atoms with Crippen molar-refractivity contribution in [2.45, 2.75) is 44.9 Å². The number of methoxy groups -OCH3 is 1. The van der Waals surface area contributed by atoms with Gasteiger partial charge in [0.2, 0.25) is 0 Å². The molecule has 74 valence electrons. The van der Waals surface area contributed by atoms with Crippen molar-refractivity contribution in [1.82, 2.24) is 0 Å². The Morgan fingerprint density at radius 1 is 1.33 bits per heavy atom. The van der Waals surface area contributed by atoms with Crippen molar-refractivity contribution in [2.75, 3.05) is 7.11 Å². The summed E-state index contributed by atoms with van der Waals surface area (Å²) >= 11 is 0. The average molecular weight is 184 g/mol. The second-order valence-corrected chi connectivity index (χ2v) is 2.82. The molecule has 1 atom stereocenters. The number of hydrogen-bond acceptors (Lipinski definition) is 1. The molecule has 0 rings (SSSR count). The van der Waals surface area contributed by atoms with Gasteiger partial charge in [-0.15, -0.1) is 0 Å². The highest BCUT2D eigenvalue weighted by Gasteiger charge is 2.31. The van der Waals surface area contributed by atoms with Gasteiger partial charge in [0.1, 0.15) is 0 Å². The maximum absolute atomic E-state index is 11.8. The lowest BCUT2D eigenvalue weighted by Gasteiger charge is -2.16. The first-order chi connectivity index (χ1) is 5.49. The molecule has 0 aromatic rings. The lowest BCUT2D eigenvalue weighted by atomic mass is 10.1. The molecule has 1 unspecified atom stereocenters. The first kappa shape index (κ1) is 11.8. The molecular formula is C8H15F3O. The van der Waals surface area contributed by atoms with Crippen LogP contribution in [0.25, 0.3) is 0 Å². The van der Waals surface area contributed by atoms with E-state index in [9.17, 15) is 13.2 Å². The zero-order chi connectivity index (χ0) is 9.61. The molecule has 0 aliphatic carbocycles. The molecule has 0 saturated carbocycles. The van der Waals surface area contributed by atoms with Gasteiger partial charge >= 0.3 is 6.18 Å². The van der Waals surface area contributed by atoms with Gasteiger partial charge in [-0.25, -0.2) is 0 Å². The van der Waals surface area contributed by atoms with E-state index in [1.54, 1.807) is 0 Å². The van der Waals surface area contributed by atoms with Crippen LogP contribution < -0.4 is 0 Å². The quantitative estimate of drug-likeness (QED) is 0.637. The predicted octanol–water partition coefficient (Wildman–Crippen LogP) is 3.14. The van der Waals surface area contributed by atoms with E-state index in [0.717, 1.165) is 12.8 Å². The number of hydrogen-bond donors (Lipinski definition) is 0. The van der Waals surface area contributed by atoms with E-state index in [-0.39, 0.29) is 0 Å². The van der Waals surface area contributed by atoms with Gasteiger partial charge in [0, 0.05) is 7.11 Å². The maximum Gasteiger partial charge on any atom is 0.391 e. The van der Waals surface area contributed by atoms with Gasteiger partial charge in [-0.1, -0.05) is 19.8 Å². The maximum atomic E-state index is 11.8. The Kier molecular flexibility index (Phi) is 5.29. The normalized spacial score (nSPS) is 14.8. The van der Waals surface area contributed by atoms with E-state index in [0.29, 0.717) is 6.42 Å². The monoisotopic (exact) mass is 184 g/mol. The fourth-order valence-corrected chi connectivity index (χ4v) is 0.993. The third kappa shape index (κ3) is 6.46. The fourth-order valence-electron chi connectivity index (χ4n) is 0.993. The second-order valence-electron chi connectivity index (χ2n) is 2.82. The van der Waals surface area contributed by atoms with Gasteiger partial charge < -0.3 is 4.74 Å². The first-order valence-electron chi connectivity index (χ1n) is 4.09. The summed E-state index contributed by atoms with van der Waals surface area (Å²) in [5.41, 5.74) is 0. The fraction of sp³-hybridized carbons (Fsp3) is 1.00. The molecular weight excluding hydrogens is 169 g/mol. The van der Waals surface area contributed by atoms with Gasteiger partial charge in [-0.2, -0.15) is 13.2 Å². The lowest BCUT2D eigenvalue weighted by Crippen LogP contribution is -2.21. The predicted molar refractivity (Wildman–Crippen MR) is 41.0 cm³/mol. The number of rotatable bonds is 5. The van der Waals surface area contributed by atoms with Crippen LogP contribution in [0.2, 0.25) is 0 Å². The van der Waals surface area contributed by atoms with Gasteiger partial charge in [-0.3, -0.25) is 0 Å². The molecule has 12 heavy (non-hydrogen) atoms. The largest absolute Gasteiger partial charge is 0.391 e. The third-order valence-electron chi connectivity index (χ3n) is 1.67. The molecule has 0 fully saturated rings. The molecule has 1 nitrogen and oxygen atoms in total. The van der Waals surface area contributed by atoms with Gasteiger partial charge in [-0.05, 0) is 6.42 Å². The summed E-state index contributed by atoms with van der Waals surface area (Å²) in [5, 5.41) is 0. The summed E-state index contributed by atoms with van der Waals surface area (Å²) in [6.45, 7) is 1.94. The van der Waals surface area contributed by atoms with Crippen molar-refractivity contribution in [3.63, 3.8) is 0 Å². The number of unbranched alkanes of at least 4 members (excludes halogenated alkanes) is 1. The van der Waals surface area contributed by atoms with Crippen molar-refractivity contribution >= 4 is 0 Å². The van der Waals surface area contributed by atoms with Crippen molar-refractivity contribution in [1.29, 1.82) is 0 Å². The highest BCUT2D eigenvalue weighted by molar-refractivity contribution is 4.63. The van der Waals surface area contributed by atoms with Crippen LogP contribution in [0.3, 0.4) is 0 Å². The SMILES string of the molecule is CCCCC(CC(F)(F)F)OC. The van der Waals surface area contributed by atoms with Crippen LogP contribution in [0.5, 0.6) is 0 Å². The van der Waals surface area contributed by atoms with Crippen LogP contribution in [0, 0.1) is 0 Å². The second kappa shape index (κ2) is 5.41. The molecule has 0 heterocycles. The Bertz CT molecular complexity index is 111. The minimum absolute atomic E-state index is 0.493. The summed E-state index contributed by atoms with van der Waals surface area (Å²) in [6.07, 6.45) is -3.42. The molecule has 0 aliphatic heterocycles. The van der Waals surface area contributed by atoms with E-state index >= 15 is 0 Å². The lowest BCUT2D eigenvalue weighted by molar-refractivity contribution is -0.158. The van der Waals surface area contributed by atoms with E-state index < -0.39 is 18.7 Å². The Labute approximate surface area is 70.9 Å². The van der Waals surface area contributed by atoms with Crippen molar-refractivity contribution in [3.05, 3.63) is 0 Å². The molecule has 0 bridgehead atoms. The standard InChI is InChI=1S/C8H15F3O/c1-3-4-5-7(12-2)6-8(9,10)11/h7H,3-6H2,1-2H3. The Balaban J connectivity index is 3.67. The van der Waals surface area contributed by atoms with Crippen LogP contribution >= 0.6 is 0 Å². The van der Waals surface area contributed by atoms with E-state index in [2.05, 4.69) is 0 Å². The summed E-state index contributed by atoms with van der Waals surface area (Å²) in [4.78, 5) is 0. The van der Waals surface area contributed by atoms with Crippen molar-refractivity contribution < 1.29 is 17.9 Å². The number of halogens is 3. The first-order valence-corrected chi connectivity index (χ1v) is 4.09. The van der Waals surface area contributed by atoms with Gasteiger partial charge in [0.05, 0.1) is 12.5 Å². The van der Waals surface area contributed by atoms with E-state index in [4.69, 9.17) is 4.74 Å². The smallest absolute Gasteiger partial charge is 0.381 e. The van der Waals surface area contributed by atoms with Crippen LogP contribution in [0.4, 0.5) is 13.2 Å². The molecule has 0 aromatic carbocycles. The average Bonchev–Trinajstić information content (AvgIpc) is 1.95. The molecule has 0 radical (unpaired) electrons. The molecule has 0 spiro atoms. The highest BCUT2D eigenvalue weighted by Crippen LogP contribution is 2.24. The Hall–Kier alpha value is -0.250. The number of ether oxygens (including phenoxy) is 1. The number of alkyl halides is 3. The van der Waals surface area contributed by atoms with Crippen LogP contribution in [0.15, 0.2) is 0 Å². The van der Waals surface area contributed by atoms with Crippen LogP contribution in [0.1, 0.15) is 32.6 Å². The van der Waals surface area contributed by atoms with Crippen LogP contribution in [-0.4, -0.2) is 19.4 Å². The topological polar surface area (TPSA) is 9.23 Å². The van der Waals surface area contributed by atoms with E-state index in [1.165, 1.54) is 7.11 Å². The van der Waals surface area contributed by atoms with E-state index in [1.807, 2.05) is 6.92 Å². The Morgan fingerprint density at radius 2 is 1.92 bits per heavy atom. The molecule has 0 saturated heterocycles. The summed E-state index contributed by atoms with van der Waals surface area (Å²) in [7, 11) is 1.33. The minimum atomic E-state index is -4.10. The van der Waals surface area contributed by atoms with Crippen molar-refractivity contribution in [2.24, 2.45) is 0 Å². The zero-order valence-corrected chi connectivity index (χ0v) is 7.45. The molecule has 0 N–H and O–H groups in total. The minimum Gasteiger partial charge on any atom is -0.381 e. The summed E-state index contributed by atoms with van der Waals surface area (Å²) in [5.74, 6) is 0. The zero-order valence-electron chi connectivity index (χ0n) is 7.45. The molecule has 4 heteroatoms. The molecule has 0 aromatic heterocycles. The van der Waals surface area contributed by atoms with Gasteiger partial charge in [0.25, 0.3) is 0 Å². The third-order valence-corrected chi connectivity index (χ3v) is 1.67. The highest BCUT2D eigenvalue weighted by atomic mass is 19.4. The summed E-state index contributed by atoms with van der Waals surface area (Å²) in [6, 6.07) is 0. The summed E-state index contributed by atoms with van der Waals surface area (Å²) < 4.78 is 40.2. The molecule has 0 aliphatic rings. The molecule has 0 amide bonds. The van der Waals surface area contributed by atoms with Crippen LogP contribution in [-0.2, 0) is 4.74 Å². The van der Waals surface area contributed by atoms with Gasteiger partial charge in [0.15, 0.2) is 0 Å².